The lowest BCUT2D eigenvalue weighted by Crippen LogP contribution is -2.07. The van der Waals surface area contributed by atoms with Crippen LogP contribution in [0, 0.1) is 6.92 Å². The summed E-state index contributed by atoms with van der Waals surface area (Å²) < 4.78 is 37.4. The average molecular weight is 238 g/mol. The van der Waals surface area contributed by atoms with E-state index in [-0.39, 0.29) is 0 Å². The van der Waals surface area contributed by atoms with Gasteiger partial charge in [0.15, 0.2) is 0 Å². The summed E-state index contributed by atoms with van der Waals surface area (Å²) in [5, 5.41) is 0. The van der Waals surface area contributed by atoms with Crippen molar-refractivity contribution >= 4 is 0 Å². The molecule has 0 aliphatic rings. The fourth-order valence-electron chi connectivity index (χ4n) is 1.44. The molecule has 5 heteroatoms. The molecular formula is C12H9F3N2. The van der Waals surface area contributed by atoms with Gasteiger partial charge in [0.2, 0.25) is 0 Å². The maximum Gasteiger partial charge on any atom is 0.433 e. The van der Waals surface area contributed by atoms with Gasteiger partial charge in [-0.15, -0.1) is 0 Å². The Balaban J connectivity index is 2.47. The first-order valence-corrected chi connectivity index (χ1v) is 4.93. The highest BCUT2D eigenvalue weighted by Gasteiger charge is 2.32. The first-order chi connectivity index (χ1) is 7.97. The lowest BCUT2D eigenvalue weighted by Gasteiger charge is -2.07. The molecule has 0 unspecified atom stereocenters. The van der Waals surface area contributed by atoms with E-state index >= 15 is 0 Å². The van der Waals surface area contributed by atoms with Crippen LogP contribution < -0.4 is 0 Å². The predicted octanol–water partition coefficient (Wildman–Crippen LogP) is 3.47. The van der Waals surface area contributed by atoms with Gasteiger partial charge in [-0.3, -0.25) is 9.97 Å². The van der Waals surface area contributed by atoms with Crippen LogP contribution in [-0.2, 0) is 6.18 Å². The molecule has 0 aromatic carbocycles. The Labute approximate surface area is 96.2 Å². The first-order valence-electron chi connectivity index (χ1n) is 4.93. The lowest BCUT2D eigenvalue weighted by molar-refractivity contribution is -0.141. The fourth-order valence-corrected chi connectivity index (χ4v) is 1.44. The Morgan fingerprint density at radius 1 is 1.00 bits per heavy atom. The Morgan fingerprint density at radius 3 is 2.35 bits per heavy atom. The Kier molecular flexibility index (Phi) is 2.83. The van der Waals surface area contributed by atoms with E-state index in [1.165, 1.54) is 6.07 Å². The molecule has 2 nitrogen and oxygen atoms in total. The Hall–Kier alpha value is -1.91. The molecule has 17 heavy (non-hydrogen) atoms. The highest BCUT2D eigenvalue weighted by Crippen LogP contribution is 2.29. The van der Waals surface area contributed by atoms with Crippen molar-refractivity contribution in [3.8, 4) is 11.3 Å². The smallest absolute Gasteiger partial charge is 0.256 e. The number of nitrogens with zero attached hydrogens (tertiary/aromatic N) is 2. The van der Waals surface area contributed by atoms with Gasteiger partial charge in [0.05, 0.1) is 5.69 Å². The molecule has 0 aliphatic heterocycles. The second-order valence-corrected chi connectivity index (χ2v) is 3.65. The molecule has 0 amide bonds. The summed E-state index contributed by atoms with van der Waals surface area (Å²) in [6.45, 7) is 1.86. The molecule has 0 bridgehead atoms. The number of alkyl halides is 3. The number of hydrogen-bond donors (Lipinski definition) is 0. The van der Waals surface area contributed by atoms with E-state index in [9.17, 15) is 13.2 Å². The average Bonchev–Trinajstić information content (AvgIpc) is 2.28. The lowest BCUT2D eigenvalue weighted by atomic mass is 10.1. The van der Waals surface area contributed by atoms with Crippen molar-refractivity contribution in [3.05, 3.63) is 47.9 Å². The van der Waals surface area contributed by atoms with Crippen LogP contribution in [0.3, 0.4) is 0 Å². The standard InChI is InChI=1S/C12H9F3N2/c1-8-2-4-16-10(6-8)9-3-5-17-11(7-9)12(13,14)15/h2-7H,1H3. The molecule has 88 valence electrons. The van der Waals surface area contributed by atoms with Gasteiger partial charge < -0.3 is 0 Å². The monoisotopic (exact) mass is 238 g/mol. The molecule has 2 aromatic rings. The van der Waals surface area contributed by atoms with Crippen LogP contribution in [-0.4, -0.2) is 9.97 Å². The highest BCUT2D eigenvalue weighted by atomic mass is 19.4. The number of pyridine rings is 2. The van der Waals surface area contributed by atoms with Gasteiger partial charge in [0.25, 0.3) is 0 Å². The third-order valence-corrected chi connectivity index (χ3v) is 2.26. The quantitative estimate of drug-likeness (QED) is 0.760. The zero-order valence-electron chi connectivity index (χ0n) is 8.99. The summed E-state index contributed by atoms with van der Waals surface area (Å²) in [6.07, 6.45) is -1.72. The van der Waals surface area contributed by atoms with Crippen LogP contribution in [0.2, 0.25) is 0 Å². The Morgan fingerprint density at radius 2 is 1.71 bits per heavy atom. The van der Waals surface area contributed by atoms with E-state index in [0.29, 0.717) is 11.3 Å². The summed E-state index contributed by atoms with van der Waals surface area (Å²) in [4.78, 5) is 7.34. The third-order valence-electron chi connectivity index (χ3n) is 2.26. The molecule has 2 aromatic heterocycles. The second kappa shape index (κ2) is 4.16. The molecule has 0 fully saturated rings. The van der Waals surface area contributed by atoms with Crippen LogP contribution in [0.4, 0.5) is 13.2 Å². The van der Waals surface area contributed by atoms with Crippen LogP contribution in [0.15, 0.2) is 36.7 Å². The van der Waals surface area contributed by atoms with Crippen molar-refractivity contribution in [1.29, 1.82) is 0 Å². The molecule has 0 atom stereocenters. The zero-order chi connectivity index (χ0) is 12.5. The van der Waals surface area contributed by atoms with E-state index in [2.05, 4.69) is 9.97 Å². The number of hydrogen-bond acceptors (Lipinski definition) is 2. The minimum atomic E-state index is -4.43. The van der Waals surface area contributed by atoms with E-state index < -0.39 is 11.9 Å². The van der Waals surface area contributed by atoms with Crippen molar-refractivity contribution in [2.24, 2.45) is 0 Å². The van der Waals surface area contributed by atoms with Gasteiger partial charge in [-0.2, -0.15) is 13.2 Å². The molecule has 0 saturated heterocycles. The summed E-state index contributed by atoms with van der Waals surface area (Å²) in [7, 11) is 0. The molecule has 0 radical (unpaired) electrons. The van der Waals surface area contributed by atoms with Crippen LogP contribution >= 0.6 is 0 Å². The summed E-state index contributed by atoms with van der Waals surface area (Å²) in [5.74, 6) is 0. The Bertz CT molecular complexity index is 535. The minimum Gasteiger partial charge on any atom is -0.256 e. The molecule has 2 heterocycles. The van der Waals surface area contributed by atoms with Crippen molar-refractivity contribution in [2.75, 3.05) is 0 Å². The molecule has 0 N–H and O–H groups in total. The third kappa shape index (κ3) is 2.61. The zero-order valence-corrected chi connectivity index (χ0v) is 8.99. The normalized spacial score (nSPS) is 11.5. The molecule has 0 saturated carbocycles. The van der Waals surface area contributed by atoms with Gasteiger partial charge in [-0.05, 0) is 36.8 Å². The van der Waals surface area contributed by atoms with E-state index in [0.717, 1.165) is 17.8 Å². The fraction of sp³-hybridized carbons (Fsp3) is 0.167. The largest absolute Gasteiger partial charge is 0.433 e. The molecule has 2 rings (SSSR count). The van der Waals surface area contributed by atoms with Gasteiger partial charge >= 0.3 is 6.18 Å². The van der Waals surface area contributed by atoms with Crippen molar-refractivity contribution < 1.29 is 13.2 Å². The van der Waals surface area contributed by atoms with Crippen LogP contribution in [0.25, 0.3) is 11.3 Å². The maximum atomic E-state index is 12.5. The van der Waals surface area contributed by atoms with Crippen LogP contribution in [0.1, 0.15) is 11.3 Å². The second-order valence-electron chi connectivity index (χ2n) is 3.65. The minimum absolute atomic E-state index is 0.413. The molecule has 0 spiro atoms. The van der Waals surface area contributed by atoms with E-state index in [1.807, 2.05) is 6.92 Å². The van der Waals surface area contributed by atoms with Gasteiger partial charge in [0.1, 0.15) is 5.69 Å². The van der Waals surface area contributed by atoms with Crippen molar-refractivity contribution in [2.45, 2.75) is 13.1 Å². The molecule has 0 aliphatic carbocycles. The van der Waals surface area contributed by atoms with E-state index in [1.54, 1.807) is 18.3 Å². The topological polar surface area (TPSA) is 25.8 Å². The summed E-state index contributed by atoms with van der Waals surface area (Å²) in [5.41, 5.74) is 0.965. The van der Waals surface area contributed by atoms with Gasteiger partial charge in [0, 0.05) is 18.0 Å². The van der Waals surface area contributed by atoms with Crippen molar-refractivity contribution in [3.63, 3.8) is 0 Å². The first kappa shape index (κ1) is 11.6. The van der Waals surface area contributed by atoms with Gasteiger partial charge in [-0.25, -0.2) is 0 Å². The number of halogens is 3. The van der Waals surface area contributed by atoms with Crippen LogP contribution in [0.5, 0.6) is 0 Å². The van der Waals surface area contributed by atoms with E-state index in [4.69, 9.17) is 0 Å². The highest BCUT2D eigenvalue weighted by molar-refractivity contribution is 5.59. The van der Waals surface area contributed by atoms with Gasteiger partial charge in [-0.1, -0.05) is 0 Å². The van der Waals surface area contributed by atoms with Crippen molar-refractivity contribution in [1.82, 2.24) is 9.97 Å². The number of aryl methyl sites for hydroxylation is 1. The summed E-state index contributed by atoms with van der Waals surface area (Å²) >= 11 is 0. The number of rotatable bonds is 1. The maximum absolute atomic E-state index is 12.5. The number of aromatic nitrogens is 2. The summed E-state index contributed by atoms with van der Waals surface area (Å²) in [6, 6.07) is 6.03. The predicted molar refractivity (Wildman–Crippen MR) is 57.2 cm³/mol. The SMILES string of the molecule is Cc1ccnc(-c2ccnc(C(F)(F)F)c2)c1. The molecular weight excluding hydrogens is 229 g/mol.